The number of nitro groups is 1. The number of ether oxygens (including phenoxy) is 2. The first-order valence-corrected chi connectivity index (χ1v) is 5.34. The van der Waals surface area contributed by atoms with Crippen molar-refractivity contribution in [3.05, 3.63) is 33.4 Å². The Labute approximate surface area is 111 Å². The number of carbonyl (C=O) groups is 1. The first-order chi connectivity index (χ1) is 8.90. The van der Waals surface area contributed by atoms with Gasteiger partial charge in [0.1, 0.15) is 5.75 Å². The largest absolute Gasteiger partial charge is 0.465 e. The van der Waals surface area contributed by atoms with E-state index < -0.39 is 28.9 Å². The highest BCUT2D eigenvalue weighted by Gasteiger charge is 2.23. The standard InChI is InChI=1S/C10H8ClF2NO5/c1-18-9(15)6-2-5(14(16)17)3-8(7(6)4-11)19-10(12)13/h2-3,10H,4H2,1H3. The first-order valence-electron chi connectivity index (χ1n) is 4.81. The number of carbonyl (C=O) groups excluding carboxylic acids is 1. The Morgan fingerprint density at radius 2 is 2.16 bits per heavy atom. The van der Waals surface area contributed by atoms with Crippen molar-refractivity contribution >= 4 is 23.3 Å². The number of esters is 1. The molecule has 9 heteroatoms. The third-order valence-electron chi connectivity index (χ3n) is 2.16. The van der Waals surface area contributed by atoms with Crippen LogP contribution in [0.25, 0.3) is 0 Å². The lowest BCUT2D eigenvalue weighted by Gasteiger charge is -2.12. The quantitative estimate of drug-likeness (QED) is 0.361. The van der Waals surface area contributed by atoms with Crippen molar-refractivity contribution in [2.24, 2.45) is 0 Å². The molecule has 0 saturated heterocycles. The minimum atomic E-state index is -3.20. The van der Waals surface area contributed by atoms with Gasteiger partial charge in [0, 0.05) is 11.6 Å². The Bertz CT molecular complexity index is 509. The van der Waals surface area contributed by atoms with E-state index >= 15 is 0 Å². The van der Waals surface area contributed by atoms with Gasteiger partial charge in [-0.3, -0.25) is 10.1 Å². The van der Waals surface area contributed by atoms with Crippen molar-refractivity contribution in [1.29, 1.82) is 0 Å². The van der Waals surface area contributed by atoms with Crippen molar-refractivity contribution in [2.45, 2.75) is 12.5 Å². The van der Waals surface area contributed by atoms with Gasteiger partial charge < -0.3 is 9.47 Å². The summed E-state index contributed by atoms with van der Waals surface area (Å²) in [7, 11) is 1.05. The van der Waals surface area contributed by atoms with Gasteiger partial charge in [-0.25, -0.2) is 4.79 Å². The first kappa shape index (κ1) is 15.1. The maximum Gasteiger partial charge on any atom is 0.387 e. The topological polar surface area (TPSA) is 78.7 Å². The number of nitrogens with zero attached hydrogens (tertiary/aromatic N) is 1. The second-order valence-corrected chi connectivity index (χ2v) is 3.50. The molecule has 0 aliphatic carbocycles. The molecular weight excluding hydrogens is 288 g/mol. The molecule has 6 nitrogen and oxygen atoms in total. The molecule has 104 valence electrons. The number of nitro benzene ring substituents is 1. The van der Waals surface area contributed by atoms with Crippen LogP contribution in [-0.2, 0) is 10.6 Å². The number of non-ortho nitro benzene ring substituents is 1. The third-order valence-corrected chi connectivity index (χ3v) is 2.43. The predicted octanol–water partition coefficient (Wildman–Crippen LogP) is 2.72. The average molecular weight is 296 g/mol. The zero-order chi connectivity index (χ0) is 14.6. The van der Waals surface area contributed by atoms with Crippen molar-refractivity contribution in [3.63, 3.8) is 0 Å². The van der Waals surface area contributed by atoms with Crippen LogP contribution in [0, 0.1) is 10.1 Å². The van der Waals surface area contributed by atoms with Gasteiger partial charge in [0.2, 0.25) is 0 Å². The van der Waals surface area contributed by atoms with Crippen LogP contribution < -0.4 is 4.74 Å². The summed E-state index contributed by atoms with van der Waals surface area (Å²) in [5.74, 6) is -1.80. The molecule has 1 aromatic rings. The van der Waals surface area contributed by atoms with E-state index in [9.17, 15) is 23.7 Å². The average Bonchev–Trinajstić information content (AvgIpc) is 2.35. The number of alkyl halides is 3. The summed E-state index contributed by atoms with van der Waals surface area (Å²) in [6.45, 7) is -3.20. The molecule has 0 bridgehead atoms. The number of rotatable bonds is 5. The van der Waals surface area contributed by atoms with E-state index in [-0.39, 0.29) is 17.0 Å². The number of hydrogen-bond donors (Lipinski definition) is 0. The molecule has 19 heavy (non-hydrogen) atoms. The Kier molecular flexibility index (Phi) is 4.99. The van der Waals surface area contributed by atoms with Gasteiger partial charge in [0.15, 0.2) is 0 Å². The van der Waals surface area contributed by atoms with E-state index in [0.29, 0.717) is 0 Å². The highest BCUT2D eigenvalue weighted by molar-refractivity contribution is 6.18. The van der Waals surface area contributed by atoms with Crippen LogP contribution in [-0.4, -0.2) is 24.6 Å². The van der Waals surface area contributed by atoms with E-state index in [1.165, 1.54) is 0 Å². The Balaban J connectivity index is 3.46. The van der Waals surface area contributed by atoms with Crippen molar-refractivity contribution in [2.75, 3.05) is 7.11 Å². The molecule has 0 saturated carbocycles. The maximum atomic E-state index is 12.2. The molecule has 0 fully saturated rings. The Morgan fingerprint density at radius 1 is 1.53 bits per heavy atom. The molecular formula is C10H8ClF2NO5. The van der Waals surface area contributed by atoms with Crippen molar-refractivity contribution in [3.8, 4) is 5.75 Å². The molecule has 0 atom stereocenters. The van der Waals surface area contributed by atoms with Crippen LogP contribution in [0.2, 0.25) is 0 Å². The molecule has 0 aromatic heterocycles. The normalized spacial score (nSPS) is 10.4. The summed E-state index contributed by atoms with van der Waals surface area (Å²) in [6, 6.07) is 1.66. The summed E-state index contributed by atoms with van der Waals surface area (Å²) in [5.41, 5.74) is -0.966. The second kappa shape index (κ2) is 6.28. The smallest absolute Gasteiger partial charge is 0.387 e. The minimum absolute atomic E-state index is 0.0978. The number of methoxy groups -OCH3 is 1. The summed E-state index contributed by atoms with van der Waals surface area (Å²) < 4.78 is 33.0. The molecule has 0 amide bonds. The maximum absolute atomic E-state index is 12.2. The van der Waals surface area contributed by atoms with Crippen LogP contribution in [0.3, 0.4) is 0 Å². The summed E-state index contributed by atoms with van der Waals surface area (Å²) in [6.07, 6.45) is 0. The monoisotopic (exact) mass is 295 g/mol. The molecule has 0 radical (unpaired) electrons. The molecule has 1 rings (SSSR count). The molecule has 0 spiro atoms. The Hall–Kier alpha value is -1.96. The number of halogens is 3. The Morgan fingerprint density at radius 3 is 2.58 bits per heavy atom. The van der Waals surface area contributed by atoms with E-state index in [1.54, 1.807) is 0 Å². The van der Waals surface area contributed by atoms with Gasteiger partial charge in [-0.05, 0) is 0 Å². The summed E-state index contributed by atoms with van der Waals surface area (Å²) in [4.78, 5) is 21.3. The fraction of sp³-hybridized carbons (Fsp3) is 0.300. The SMILES string of the molecule is COC(=O)c1cc([N+](=O)[O-])cc(OC(F)F)c1CCl. The molecule has 0 aliphatic rings. The van der Waals surface area contributed by atoms with Gasteiger partial charge in [0.25, 0.3) is 5.69 Å². The van der Waals surface area contributed by atoms with E-state index in [2.05, 4.69) is 9.47 Å². The lowest BCUT2D eigenvalue weighted by atomic mass is 10.1. The highest BCUT2D eigenvalue weighted by Crippen LogP contribution is 2.31. The highest BCUT2D eigenvalue weighted by atomic mass is 35.5. The fourth-order valence-corrected chi connectivity index (χ4v) is 1.64. The van der Waals surface area contributed by atoms with Crippen LogP contribution in [0.15, 0.2) is 12.1 Å². The predicted molar refractivity (Wildman–Crippen MR) is 60.6 cm³/mol. The number of hydrogen-bond acceptors (Lipinski definition) is 5. The lowest BCUT2D eigenvalue weighted by molar-refractivity contribution is -0.385. The molecule has 0 aliphatic heterocycles. The fourth-order valence-electron chi connectivity index (χ4n) is 1.37. The van der Waals surface area contributed by atoms with Gasteiger partial charge in [-0.15, -0.1) is 11.6 Å². The van der Waals surface area contributed by atoms with E-state index in [0.717, 1.165) is 19.2 Å². The molecule has 1 aromatic carbocycles. The van der Waals surface area contributed by atoms with Gasteiger partial charge in [-0.1, -0.05) is 0 Å². The van der Waals surface area contributed by atoms with Gasteiger partial charge in [-0.2, -0.15) is 8.78 Å². The van der Waals surface area contributed by atoms with E-state index in [4.69, 9.17) is 11.6 Å². The molecule has 0 unspecified atom stereocenters. The van der Waals surface area contributed by atoms with Crippen molar-refractivity contribution in [1.82, 2.24) is 0 Å². The third kappa shape index (κ3) is 3.50. The zero-order valence-electron chi connectivity index (χ0n) is 9.56. The summed E-state index contributed by atoms with van der Waals surface area (Å²) in [5, 5.41) is 10.7. The summed E-state index contributed by atoms with van der Waals surface area (Å²) >= 11 is 5.55. The second-order valence-electron chi connectivity index (χ2n) is 3.23. The lowest BCUT2D eigenvalue weighted by Crippen LogP contribution is -2.10. The molecule has 0 heterocycles. The van der Waals surface area contributed by atoms with Crippen LogP contribution in [0.5, 0.6) is 5.75 Å². The molecule has 0 N–H and O–H groups in total. The van der Waals surface area contributed by atoms with Crippen molar-refractivity contribution < 1.29 is 28.0 Å². The zero-order valence-corrected chi connectivity index (χ0v) is 10.3. The van der Waals surface area contributed by atoms with Gasteiger partial charge in [0.05, 0.1) is 29.5 Å². The van der Waals surface area contributed by atoms with Crippen LogP contribution in [0.1, 0.15) is 15.9 Å². The van der Waals surface area contributed by atoms with Gasteiger partial charge >= 0.3 is 12.6 Å². The number of benzene rings is 1. The van der Waals surface area contributed by atoms with Crippen LogP contribution >= 0.6 is 11.6 Å². The van der Waals surface area contributed by atoms with E-state index in [1.807, 2.05) is 0 Å². The minimum Gasteiger partial charge on any atom is -0.465 e. The van der Waals surface area contributed by atoms with Crippen LogP contribution in [0.4, 0.5) is 14.5 Å².